The monoisotopic (exact) mass is 399 g/mol. The van der Waals surface area contributed by atoms with Gasteiger partial charge in [0.2, 0.25) is 0 Å². The van der Waals surface area contributed by atoms with Gasteiger partial charge in [0.15, 0.2) is 0 Å². The van der Waals surface area contributed by atoms with Gasteiger partial charge in [0.1, 0.15) is 17.3 Å². The molecule has 0 saturated heterocycles. The van der Waals surface area contributed by atoms with Gasteiger partial charge in [-0.15, -0.1) is 0 Å². The average Bonchev–Trinajstić information content (AvgIpc) is 2.75. The van der Waals surface area contributed by atoms with Gasteiger partial charge in [-0.3, -0.25) is 9.97 Å². The Morgan fingerprint density at radius 1 is 0.867 bits per heavy atom. The van der Waals surface area contributed by atoms with E-state index in [1.54, 1.807) is 55.0 Å². The van der Waals surface area contributed by atoms with Crippen molar-refractivity contribution in [1.82, 2.24) is 19.9 Å². The maximum Gasteiger partial charge on any atom is 0.142 e. The molecule has 4 aromatic rings. The van der Waals surface area contributed by atoms with Crippen LogP contribution < -0.4 is 16.8 Å². The molecule has 1 aromatic carbocycles. The third-order valence-electron chi connectivity index (χ3n) is 4.40. The standard InChI is InChI=1S/C22H18FN7/c1-13(22-17(24)6-7-18(30-22)14-4-2-3-5-16(14)23)28-19-10-26-9-8-15(19)20-11-27-12-21(25)29-20/h2-12,28H,1,24H2,(H2,25,29). The van der Waals surface area contributed by atoms with Gasteiger partial charge in [-0.2, -0.15) is 0 Å². The number of anilines is 3. The number of nitrogens with one attached hydrogen (secondary N) is 1. The van der Waals surface area contributed by atoms with Crippen molar-refractivity contribution in [3.05, 3.63) is 85.3 Å². The van der Waals surface area contributed by atoms with E-state index in [1.165, 1.54) is 12.3 Å². The highest BCUT2D eigenvalue weighted by Crippen LogP contribution is 2.30. The minimum absolute atomic E-state index is 0.303. The number of halogens is 1. The van der Waals surface area contributed by atoms with Gasteiger partial charge in [0.05, 0.1) is 47.1 Å². The smallest absolute Gasteiger partial charge is 0.142 e. The molecule has 0 unspecified atom stereocenters. The van der Waals surface area contributed by atoms with E-state index < -0.39 is 0 Å². The van der Waals surface area contributed by atoms with Crippen LogP contribution in [0.3, 0.4) is 0 Å². The quantitative estimate of drug-likeness (QED) is 0.465. The molecule has 0 radical (unpaired) electrons. The summed E-state index contributed by atoms with van der Waals surface area (Å²) in [6, 6.07) is 11.5. The molecule has 3 heterocycles. The van der Waals surface area contributed by atoms with Gasteiger partial charge >= 0.3 is 0 Å². The SMILES string of the molecule is C=C(Nc1cnccc1-c1cncc(N)n1)c1nc(-c2ccccc2F)ccc1N. The van der Waals surface area contributed by atoms with Crippen LogP contribution in [0.2, 0.25) is 0 Å². The molecule has 148 valence electrons. The lowest BCUT2D eigenvalue weighted by Gasteiger charge is -2.15. The lowest BCUT2D eigenvalue weighted by atomic mass is 10.1. The Kier molecular flexibility index (Phi) is 5.04. The van der Waals surface area contributed by atoms with Crippen molar-refractivity contribution >= 4 is 22.9 Å². The van der Waals surface area contributed by atoms with E-state index in [0.29, 0.717) is 45.5 Å². The molecule has 4 rings (SSSR count). The van der Waals surface area contributed by atoms with E-state index >= 15 is 0 Å². The van der Waals surface area contributed by atoms with E-state index in [1.807, 2.05) is 0 Å². The zero-order valence-electron chi connectivity index (χ0n) is 15.9. The van der Waals surface area contributed by atoms with Gasteiger partial charge in [-0.05, 0) is 30.3 Å². The molecule has 0 amide bonds. The Bertz CT molecular complexity index is 1240. The minimum Gasteiger partial charge on any atom is -0.397 e. The van der Waals surface area contributed by atoms with Crippen LogP contribution in [0, 0.1) is 5.82 Å². The zero-order chi connectivity index (χ0) is 21.1. The summed E-state index contributed by atoms with van der Waals surface area (Å²) in [6.07, 6.45) is 6.34. The Morgan fingerprint density at radius 3 is 2.50 bits per heavy atom. The molecule has 7 nitrogen and oxygen atoms in total. The highest BCUT2D eigenvalue weighted by Gasteiger charge is 2.14. The van der Waals surface area contributed by atoms with Crippen molar-refractivity contribution in [3.63, 3.8) is 0 Å². The van der Waals surface area contributed by atoms with Gasteiger partial charge in [-0.25, -0.2) is 14.4 Å². The average molecular weight is 399 g/mol. The second kappa shape index (κ2) is 7.96. The number of nitrogen functional groups attached to an aromatic ring is 2. The van der Waals surface area contributed by atoms with Crippen LogP contribution in [0.1, 0.15) is 5.69 Å². The first-order valence-electron chi connectivity index (χ1n) is 9.02. The first-order chi connectivity index (χ1) is 14.5. The fraction of sp³-hybridized carbons (Fsp3) is 0. The molecule has 0 aliphatic heterocycles. The first-order valence-corrected chi connectivity index (χ1v) is 9.02. The van der Waals surface area contributed by atoms with Crippen LogP contribution in [0.5, 0.6) is 0 Å². The number of nitrogens with zero attached hydrogens (tertiary/aromatic N) is 4. The van der Waals surface area contributed by atoms with Gasteiger partial charge < -0.3 is 16.8 Å². The summed E-state index contributed by atoms with van der Waals surface area (Å²) >= 11 is 0. The zero-order valence-corrected chi connectivity index (χ0v) is 15.9. The molecule has 3 aromatic heterocycles. The van der Waals surface area contributed by atoms with E-state index in [-0.39, 0.29) is 5.82 Å². The lowest BCUT2D eigenvalue weighted by molar-refractivity contribution is 0.630. The first kappa shape index (κ1) is 19.0. The minimum atomic E-state index is -0.367. The number of aromatic nitrogens is 4. The van der Waals surface area contributed by atoms with Crippen LogP contribution in [0.15, 0.2) is 73.8 Å². The molecule has 0 atom stereocenters. The molecule has 0 aliphatic rings. The third kappa shape index (κ3) is 3.79. The van der Waals surface area contributed by atoms with Crippen molar-refractivity contribution in [2.24, 2.45) is 0 Å². The van der Waals surface area contributed by atoms with E-state index in [2.05, 4.69) is 31.8 Å². The Morgan fingerprint density at radius 2 is 1.70 bits per heavy atom. The summed E-state index contributed by atoms with van der Waals surface area (Å²) in [7, 11) is 0. The van der Waals surface area contributed by atoms with Gasteiger partial charge in [0, 0.05) is 17.3 Å². The van der Waals surface area contributed by atoms with Crippen molar-refractivity contribution in [1.29, 1.82) is 0 Å². The lowest BCUT2D eigenvalue weighted by Crippen LogP contribution is -2.06. The van der Waals surface area contributed by atoms with E-state index in [0.717, 1.165) is 5.56 Å². The second-order valence-corrected chi connectivity index (χ2v) is 6.47. The van der Waals surface area contributed by atoms with Crippen LogP contribution in [0.4, 0.5) is 21.6 Å². The number of hydrogen-bond acceptors (Lipinski definition) is 7. The molecule has 0 fully saturated rings. The number of benzene rings is 1. The van der Waals surface area contributed by atoms with E-state index in [9.17, 15) is 4.39 Å². The number of pyridine rings is 2. The largest absolute Gasteiger partial charge is 0.397 e. The maximum atomic E-state index is 14.2. The Hall–Kier alpha value is -4.33. The normalized spacial score (nSPS) is 10.6. The molecule has 8 heteroatoms. The van der Waals surface area contributed by atoms with Crippen molar-refractivity contribution < 1.29 is 4.39 Å². The summed E-state index contributed by atoms with van der Waals surface area (Å²) in [6.45, 7) is 4.05. The number of rotatable bonds is 5. The van der Waals surface area contributed by atoms with Gasteiger partial charge in [-0.1, -0.05) is 18.7 Å². The number of nitrogens with two attached hydrogens (primary N) is 2. The van der Waals surface area contributed by atoms with Crippen LogP contribution in [-0.4, -0.2) is 19.9 Å². The molecule has 0 bridgehead atoms. The van der Waals surface area contributed by atoms with Crippen molar-refractivity contribution in [2.75, 3.05) is 16.8 Å². The van der Waals surface area contributed by atoms with E-state index in [4.69, 9.17) is 11.5 Å². The highest BCUT2D eigenvalue weighted by atomic mass is 19.1. The molecule has 0 saturated carbocycles. The molecular weight excluding hydrogens is 381 g/mol. The predicted octanol–water partition coefficient (Wildman–Crippen LogP) is 3.99. The maximum absolute atomic E-state index is 14.2. The fourth-order valence-corrected chi connectivity index (χ4v) is 2.98. The summed E-state index contributed by atoms with van der Waals surface area (Å²) in [5.41, 5.74) is 15.9. The third-order valence-corrected chi connectivity index (χ3v) is 4.40. The summed E-state index contributed by atoms with van der Waals surface area (Å²) in [4.78, 5) is 17.1. The van der Waals surface area contributed by atoms with Crippen molar-refractivity contribution in [3.8, 4) is 22.5 Å². The number of hydrogen-bond donors (Lipinski definition) is 3. The topological polar surface area (TPSA) is 116 Å². The summed E-state index contributed by atoms with van der Waals surface area (Å²) in [5.74, 6) is -0.0633. The molecular formula is C22H18FN7. The van der Waals surface area contributed by atoms with Crippen LogP contribution >= 0.6 is 0 Å². The Labute approximate surface area is 172 Å². The molecule has 0 spiro atoms. The van der Waals surface area contributed by atoms with Gasteiger partial charge in [0.25, 0.3) is 0 Å². The summed E-state index contributed by atoms with van der Waals surface area (Å²) in [5, 5.41) is 3.18. The second-order valence-electron chi connectivity index (χ2n) is 6.47. The Balaban J connectivity index is 1.69. The summed E-state index contributed by atoms with van der Waals surface area (Å²) < 4.78 is 14.2. The fourth-order valence-electron chi connectivity index (χ4n) is 2.98. The predicted molar refractivity (Wildman–Crippen MR) is 116 cm³/mol. The highest BCUT2D eigenvalue weighted by molar-refractivity contribution is 5.86. The molecule has 30 heavy (non-hydrogen) atoms. The molecule has 0 aliphatic carbocycles. The van der Waals surface area contributed by atoms with Crippen molar-refractivity contribution in [2.45, 2.75) is 0 Å². The van der Waals surface area contributed by atoms with Crippen LogP contribution in [0.25, 0.3) is 28.2 Å². The molecule has 5 N–H and O–H groups in total. The van der Waals surface area contributed by atoms with Crippen LogP contribution in [-0.2, 0) is 0 Å².